The number of sulfone groups is 1. The lowest BCUT2D eigenvalue weighted by Crippen LogP contribution is -2.38. The molecular formula is C15H19NO6S. The van der Waals surface area contributed by atoms with E-state index in [2.05, 4.69) is 5.32 Å². The van der Waals surface area contributed by atoms with Gasteiger partial charge in [0.2, 0.25) is 0 Å². The minimum Gasteiger partial charge on any atom is -0.494 e. The summed E-state index contributed by atoms with van der Waals surface area (Å²) in [6, 6.07) is 5.98. The molecule has 1 saturated heterocycles. The minimum atomic E-state index is -3.06. The van der Waals surface area contributed by atoms with Crippen LogP contribution >= 0.6 is 0 Å². The van der Waals surface area contributed by atoms with Gasteiger partial charge < -0.3 is 14.8 Å². The van der Waals surface area contributed by atoms with E-state index >= 15 is 0 Å². The third-order valence-electron chi connectivity index (χ3n) is 3.33. The van der Waals surface area contributed by atoms with Gasteiger partial charge in [0.1, 0.15) is 5.75 Å². The van der Waals surface area contributed by atoms with Crippen LogP contribution in [-0.4, -0.2) is 51.1 Å². The lowest BCUT2D eigenvalue weighted by Gasteiger charge is -2.11. The summed E-state index contributed by atoms with van der Waals surface area (Å²) >= 11 is 0. The molecule has 2 rings (SSSR count). The van der Waals surface area contributed by atoms with Crippen molar-refractivity contribution in [2.24, 2.45) is 0 Å². The second kappa shape index (κ2) is 7.45. The molecular weight excluding hydrogens is 322 g/mol. The Morgan fingerprint density at radius 3 is 2.52 bits per heavy atom. The highest BCUT2D eigenvalue weighted by molar-refractivity contribution is 7.91. The zero-order chi connectivity index (χ0) is 16.9. The summed E-state index contributed by atoms with van der Waals surface area (Å²) in [5, 5.41) is 2.55. The number of hydrogen-bond donors (Lipinski definition) is 1. The molecule has 0 bridgehead atoms. The van der Waals surface area contributed by atoms with Crippen LogP contribution in [0.3, 0.4) is 0 Å². The van der Waals surface area contributed by atoms with Crippen molar-refractivity contribution < 1.29 is 27.5 Å². The fraction of sp³-hybridized carbons (Fsp3) is 0.467. The molecule has 1 unspecified atom stereocenters. The second-order valence-corrected chi connectivity index (χ2v) is 7.43. The number of amides is 1. The molecule has 0 saturated carbocycles. The van der Waals surface area contributed by atoms with Crippen molar-refractivity contribution in [2.45, 2.75) is 19.4 Å². The predicted octanol–water partition coefficient (Wildman–Crippen LogP) is 0.545. The SMILES string of the molecule is CCOc1ccc(C(=O)OCC(=O)NC2CCS(=O)(=O)C2)cc1. The highest BCUT2D eigenvalue weighted by Gasteiger charge is 2.29. The first-order valence-electron chi connectivity index (χ1n) is 7.29. The third-order valence-corrected chi connectivity index (χ3v) is 5.10. The van der Waals surface area contributed by atoms with Gasteiger partial charge in [0.25, 0.3) is 5.91 Å². The molecule has 1 amide bonds. The predicted molar refractivity (Wildman–Crippen MR) is 83.1 cm³/mol. The van der Waals surface area contributed by atoms with Gasteiger partial charge in [-0.1, -0.05) is 0 Å². The lowest BCUT2D eigenvalue weighted by atomic mass is 10.2. The van der Waals surface area contributed by atoms with Crippen molar-refractivity contribution in [3.8, 4) is 5.75 Å². The monoisotopic (exact) mass is 341 g/mol. The summed E-state index contributed by atoms with van der Waals surface area (Å²) in [7, 11) is -3.06. The maximum Gasteiger partial charge on any atom is 0.338 e. The van der Waals surface area contributed by atoms with E-state index in [0.29, 0.717) is 24.3 Å². The zero-order valence-electron chi connectivity index (χ0n) is 12.8. The molecule has 1 heterocycles. The Labute approximate surface area is 134 Å². The van der Waals surface area contributed by atoms with E-state index in [-0.39, 0.29) is 11.5 Å². The highest BCUT2D eigenvalue weighted by Crippen LogP contribution is 2.13. The van der Waals surface area contributed by atoms with Crippen molar-refractivity contribution in [3.05, 3.63) is 29.8 Å². The van der Waals surface area contributed by atoms with E-state index < -0.39 is 34.4 Å². The van der Waals surface area contributed by atoms with Gasteiger partial charge in [0.15, 0.2) is 16.4 Å². The number of hydrogen-bond acceptors (Lipinski definition) is 6. The van der Waals surface area contributed by atoms with Gasteiger partial charge in [-0.05, 0) is 37.6 Å². The molecule has 0 radical (unpaired) electrons. The Balaban J connectivity index is 1.78. The van der Waals surface area contributed by atoms with E-state index in [9.17, 15) is 18.0 Å². The Morgan fingerprint density at radius 1 is 1.26 bits per heavy atom. The number of nitrogens with one attached hydrogen (secondary N) is 1. The summed E-state index contributed by atoms with van der Waals surface area (Å²) in [6.45, 7) is 1.94. The summed E-state index contributed by atoms with van der Waals surface area (Å²) in [4.78, 5) is 23.5. The molecule has 1 aliphatic heterocycles. The van der Waals surface area contributed by atoms with Crippen molar-refractivity contribution >= 4 is 21.7 Å². The van der Waals surface area contributed by atoms with Crippen LogP contribution < -0.4 is 10.1 Å². The van der Waals surface area contributed by atoms with Crippen molar-refractivity contribution in [3.63, 3.8) is 0 Å². The maximum atomic E-state index is 11.8. The summed E-state index contributed by atoms with van der Waals surface area (Å²) in [6.07, 6.45) is 0.390. The summed E-state index contributed by atoms with van der Waals surface area (Å²) in [5.74, 6) is -0.479. The van der Waals surface area contributed by atoms with Crippen LogP contribution in [0.4, 0.5) is 0 Å². The number of carbonyl (C=O) groups excluding carboxylic acids is 2. The maximum absolute atomic E-state index is 11.8. The lowest BCUT2D eigenvalue weighted by molar-refractivity contribution is -0.124. The van der Waals surface area contributed by atoms with E-state index in [4.69, 9.17) is 9.47 Å². The van der Waals surface area contributed by atoms with Crippen LogP contribution in [0.5, 0.6) is 5.75 Å². The molecule has 1 aromatic carbocycles. The topological polar surface area (TPSA) is 98.8 Å². The third kappa shape index (κ3) is 5.24. The molecule has 0 aliphatic carbocycles. The molecule has 126 valence electrons. The Kier molecular flexibility index (Phi) is 5.59. The van der Waals surface area contributed by atoms with E-state index in [1.807, 2.05) is 6.92 Å². The number of rotatable bonds is 6. The van der Waals surface area contributed by atoms with Crippen LogP contribution in [0.1, 0.15) is 23.7 Å². The zero-order valence-corrected chi connectivity index (χ0v) is 13.6. The Morgan fingerprint density at radius 2 is 1.96 bits per heavy atom. The van der Waals surface area contributed by atoms with Gasteiger partial charge in [-0.15, -0.1) is 0 Å². The first-order chi connectivity index (χ1) is 10.9. The average Bonchev–Trinajstić information content (AvgIpc) is 2.84. The quantitative estimate of drug-likeness (QED) is 0.759. The largest absolute Gasteiger partial charge is 0.494 e. The fourth-order valence-corrected chi connectivity index (χ4v) is 3.92. The first kappa shape index (κ1) is 17.3. The second-order valence-electron chi connectivity index (χ2n) is 5.20. The number of esters is 1. The van der Waals surface area contributed by atoms with Gasteiger partial charge in [-0.25, -0.2) is 13.2 Å². The van der Waals surface area contributed by atoms with E-state index in [1.165, 1.54) is 0 Å². The highest BCUT2D eigenvalue weighted by atomic mass is 32.2. The molecule has 1 atom stereocenters. The fourth-order valence-electron chi connectivity index (χ4n) is 2.25. The number of ether oxygens (including phenoxy) is 2. The molecule has 0 aromatic heterocycles. The van der Waals surface area contributed by atoms with Crippen LogP contribution in [0.15, 0.2) is 24.3 Å². The normalized spacial score (nSPS) is 19.1. The molecule has 8 heteroatoms. The van der Waals surface area contributed by atoms with Crippen LogP contribution in [0, 0.1) is 0 Å². The molecule has 1 fully saturated rings. The van der Waals surface area contributed by atoms with Crippen molar-refractivity contribution in [1.82, 2.24) is 5.32 Å². The van der Waals surface area contributed by atoms with Gasteiger partial charge in [0, 0.05) is 6.04 Å². The molecule has 0 spiro atoms. The minimum absolute atomic E-state index is 0.0639. The molecule has 1 aliphatic rings. The Hall–Kier alpha value is -2.09. The number of benzene rings is 1. The van der Waals surface area contributed by atoms with Crippen LogP contribution in [0.25, 0.3) is 0 Å². The smallest absolute Gasteiger partial charge is 0.338 e. The molecule has 7 nitrogen and oxygen atoms in total. The molecule has 1 N–H and O–H groups in total. The average molecular weight is 341 g/mol. The summed E-state index contributed by atoms with van der Waals surface area (Å²) in [5.41, 5.74) is 0.310. The standard InChI is InChI=1S/C15H19NO6S/c1-2-21-13-5-3-11(4-6-13)15(18)22-9-14(17)16-12-7-8-23(19,20)10-12/h3-6,12H,2,7-10H2,1H3,(H,16,17). The first-order valence-corrected chi connectivity index (χ1v) is 9.11. The van der Waals surface area contributed by atoms with E-state index in [1.54, 1.807) is 24.3 Å². The summed E-state index contributed by atoms with van der Waals surface area (Å²) < 4.78 is 32.8. The van der Waals surface area contributed by atoms with Gasteiger partial charge in [0.05, 0.1) is 23.7 Å². The Bertz CT molecular complexity index is 668. The van der Waals surface area contributed by atoms with Crippen LogP contribution in [0.2, 0.25) is 0 Å². The van der Waals surface area contributed by atoms with Gasteiger partial charge in [-0.3, -0.25) is 4.79 Å². The van der Waals surface area contributed by atoms with Crippen molar-refractivity contribution in [1.29, 1.82) is 0 Å². The van der Waals surface area contributed by atoms with Gasteiger partial charge >= 0.3 is 5.97 Å². The van der Waals surface area contributed by atoms with Gasteiger partial charge in [-0.2, -0.15) is 0 Å². The van der Waals surface area contributed by atoms with Crippen molar-refractivity contribution in [2.75, 3.05) is 24.7 Å². The molecule has 1 aromatic rings. The number of carbonyl (C=O) groups is 2. The molecule has 23 heavy (non-hydrogen) atoms. The van der Waals surface area contributed by atoms with E-state index in [0.717, 1.165) is 0 Å². The van der Waals surface area contributed by atoms with Crippen LogP contribution in [-0.2, 0) is 19.4 Å².